The van der Waals surface area contributed by atoms with Gasteiger partial charge in [-0.3, -0.25) is 0 Å². The van der Waals surface area contributed by atoms with Crippen LogP contribution in [0.3, 0.4) is 0 Å². The first kappa shape index (κ1) is 6.92. The Kier molecular flexibility index (Phi) is 2.96. The Labute approximate surface area is 47.0 Å². The Morgan fingerprint density at radius 3 is 2.43 bits per heavy atom. The van der Waals surface area contributed by atoms with Gasteiger partial charge in [-0.15, -0.1) is 0 Å². The van der Waals surface area contributed by atoms with Crippen LogP contribution in [0.4, 0.5) is 4.39 Å². The molecular formula is C4H7ClFN. The van der Waals surface area contributed by atoms with Crippen LogP contribution in [-0.4, -0.2) is 12.7 Å². The molecule has 1 atom stereocenters. The summed E-state index contributed by atoms with van der Waals surface area (Å²) in [6.07, 6.45) is 0. The van der Waals surface area contributed by atoms with Crippen molar-refractivity contribution in [3.63, 3.8) is 0 Å². The molecule has 2 N–H and O–H groups in total. The van der Waals surface area contributed by atoms with E-state index in [0.717, 1.165) is 0 Å². The molecule has 0 amide bonds. The highest BCUT2D eigenvalue weighted by Gasteiger charge is 2.00. The molecular weight excluding hydrogens is 117 g/mol. The van der Waals surface area contributed by atoms with Gasteiger partial charge in [0.1, 0.15) is 6.67 Å². The number of hydrogen-bond donors (Lipinski definition) is 1. The van der Waals surface area contributed by atoms with Gasteiger partial charge < -0.3 is 5.73 Å². The Hall–Kier alpha value is -0.0800. The lowest BCUT2D eigenvalue weighted by molar-refractivity contribution is 0.462. The molecule has 0 aliphatic carbocycles. The molecule has 7 heavy (non-hydrogen) atoms. The molecule has 3 heteroatoms. The van der Waals surface area contributed by atoms with Gasteiger partial charge >= 0.3 is 0 Å². The third-order valence-electron chi connectivity index (χ3n) is 0.569. The second kappa shape index (κ2) is 2.99. The number of hydrogen-bond acceptors (Lipinski definition) is 1. The lowest BCUT2D eigenvalue weighted by atomic mass is 10.3. The summed E-state index contributed by atoms with van der Waals surface area (Å²) in [7, 11) is 0. The fourth-order valence-corrected chi connectivity index (χ4v) is 0.142. The van der Waals surface area contributed by atoms with Gasteiger partial charge in [0.15, 0.2) is 0 Å². The van der Waals surface area contributed by atoms with Crippen molar-refractivity contribution in [3.8, 4) is 0 Å². The average Bonchev–Trinajstić information content (AvgIpc) is 1.65. The van der Waals surface area contributed by atoms with E-state index in [0.29, 0.717) is 0 Å². The Morgan fingerprint density at radius 1 is 2.00 bits per heavy atom. The minimum atomic E-state index is -0.693. The van der Waals surface area contributed by atoms with Crippen molar-refractivity contribution in [3.05, 3.63) is 11.6 Å². The first-order chi connectivity index (χ1) is 3.18. The highest BCUT2D eigenvalue weighted by Crippen LogP contribution is 2.00. The van der Waals surface area contributed by atoms with Gasteiger partial charge in [0, 0.05) is 5.03 Å². The summed E-state index contributed by atoms with van der Waals surface area (Å²) in [5.41, 5.74) is 5.01. The lowest BCUT2D eigenvalue weighted by Crippen LogP contribution is -2.21. The van der Waals surface area contributed by atoms with Crippen molar-refractivity contribution < 1.29 is 4.39 Å². The molecule has 0 aromatic rings. The second-order valence-corrected chi connectivity index (χ2v) is 1.69. The first-order valence-electron chi connectivity index (χ1n) is 1.84. The van der Waals surface area contributed by atoms with Crippen LogP contribution in [0.15, 0.2) is 11.6 Å². The maximum atomic E-state index is 11.4. The standard InChI is InChI=1S/C4H7ClFN/c1-3(5)4(7)2-6/h4H,1-2,7H2. The molecule has 42 valence electrons. The van der Waals surface area contributed by atoms with E-state index < -0.39 is 12.7 Å². The van der Waals surface area contributed by atoms with E-state index in [1.165, 1.54) is 0 Å². The van der Waals surface area contributed by atoms with Crippen LogP contribution in [0.1, 0.15) is 0 Å². The quantitative estimate of drug-likeness (QED) is 0.583. The Morgan fingerprint density at radius 2 is 2.43 bits per heavy atom. The van der Waals surface area contributed by atoms with Crippen LogP contribution < -0.4 is 5.73 Å². The molecule has 0 aromatic carbocycles. The molecule has 0 rings (SSSR count). The fraction of sp³-hybridized carbons (Fsp3) is 0.500. The molecule has 0 heterocycles. The Bertz CT molecular complexity index is 74.1. The SMILES string of the molecule is C=C(Cl)C(N)CF. The maximum Gasteiger partial charge on any atom is 0.110 e. The van der Waals surface area contributed by atoms with Gasteiger partial charge in [0.2, 0.25) is 0 Å². The second-order valence-electron chi connectivity index (χ2n) is 1.21. The molecule has 0 saturated heterocycles. The van der Waals surface area contributed by atoms with Crippen molar-refractivity contribution in [2.75, 3.05) is 6.67 Å². The maximum absolute atomic E-state index is 11.4. The van der Waals surface area contributed by atoms with E-state index in [1.54, 1.807) is 0 Å². The van der Waals surface area contributed by atoms with Crippen LogP contribution in [-0.2, 0) is 0 Å². The van der Waals surface area contributed by atoms with Crippen molar-refractivity contribution in [2.45, 2.75) is 6.04 Å². The molecule has 0 bridgehead atoms. The predicted molar refractivity (Wildman–Crippen MR) is 28.9 cm³/mol. The third kappa shape index (κ3) is 2.60. The van der Waals surface area contributed by atoms with E-state index in [-0.39, 0.29) is 5.03 Å². The van der Waals surface area contributed by atoms with E-state index in [9.17, 15) is 4.39 Å². The fourth-order valence-electron chi connectivity index (χ4n) is 0.0837. The number of nitrogens with two attached hydrogens (primary N) is 1. The molecule has 0 saturated carbocycles. The normalized spacial score (nSPS) is 13.6. The van der Waals surface area contributed by atoms with Crippen molar-refractivity contribution in [1.29, 1.82) is 0 Å². The van der Waals surface area contributed by atoms with Crippen LogP contribution >= 0.6 is 11.6 Å². The minimum absolute atomic E-state index is 0.169. The highest BCUT2D eigenvalue weighted by molar-refractivity contribution is 6.29. The largest absolute Gasteiger partial charge is 0.321 e. The van der Waals surface area contributed by atoms with Crippen LogP contribution in [0.2, 0.25) is 0 Å². The van der Waals surface area contributed by atoms with Gasteiger partial charge in [-0.25, -0.2) is 4.39 Å². The molecule has 0 spiro atoms. The van der Waals surface area contributed by atoms with Gasteiger partial charge in [0.05, 0.1) is 6.04 Å². The predicted octanol–water partition coefficient (Wildman–Crippen LogP) is 1.04. The summed E-state index contributed by atoms with van der Waals surface area (Å²) in [5, 5.41) is 0.169. The summed E-state index contributed by atoms with van der Waals surface area (Å²) in [6, 6.07) is -0.693. The van der Waals surface area contributed by atoms with E-state index in [2.05, 4.69) is 6.58 Å². The zero-order chi connectivity index (χ0) is 5.86. The van der Waals surface area contributed by atoms with Crippen LogP contribution in [0.25, 0.3) is 0 Å². The summed E-state index contributed by atoms with van der Waals surface area (Å²) >= 11 is 5.17. The van der Waals surface area contributed by atoms with Gasteiger partial charge in [-0.2, -0.15) is 0 Å². The first-order valence-corrected chi connectivity index (χ1v) is 2.22. The summed E-state index contributed by atoms with van der Waals surface area (Å²) in [4.78, 5) is 0. The van der Waals surface area contributed by atoms with E-state index in [4.69, 9.17) is 17.3 Å². The number of halogens is 2. The molecule has 1 unspecified atom stereocenters. The lowest BCUT2D eigenvalue weighted by Gasteiger charge is -1.99. The van der Waals surface area contributed by atoms with Crippen molar-refractivity contribution in [1.82, 2.24) is 0 Å². The monoisotopic (exact) mass is 123 g/mol. The number of alkyl halides is 1. The topological polar surface area (TPSA) is 26.0 Å². The van der Waals surface area contributed by atoms with Crippen LogP contribution in [0.5, 0.6) is 0 Å². The Balaban J connectivity index is 3.34. The van der Waals surface area contributed by atoms with Crippen molar-refractivity contribution in [2.24, 2.45) is 5.73 Å². The molecule has 0 fully saturated rings. The molecule has 0 aliphatic rings. The van der Waals surface area contributed by atoms with Gasteiger partial charge in [-0.05, 0) is 0 Å². The van der Waals surface area contributed by atoms with E-state index >= 15 is 0 Å². The average molecular weight is 124 g/mol. The highest BCUT2D eigenvalue weighted by atomic mass is 35.5. The summed E-state index contributed by atoms with van der Waals surface area (Å²) < 4.78 is 11.4. The zero-order valence-electron chi connectivity index (χ0n) is 3.82. The van der Waals surface area contributed by atoms with Crippen LogP contribution in [0, 0.1) is 0 Å². The minimum Gasteiger partial charge on any atom is -0.321 e. The summed E-state index contributed by atoms with van der Waals surface area (Å²) in [5.74, 6) is 0. The molecule has 0 aliphatic heterocycles. The van der Waals surface area contributed by atoms with Crippen molar-refractivity contribution >= 4 is 11.6 Å². The van der Waals surface area contributed by atoms with Gasteiger partial charge in [0.25, 0.3) is 0 Å². The van der Waals surface area contributed by atoms with Gasteiger partial charge in [-0.1, -0.05) is 18.2 Å². The summed E-state index contributed by atoms with van der Waals surface area (Å²) in [6.45, 7) is 2.59. The van der Waals surface area contributed by atoms with E-state index in [1.807, 2.05) is 0 Å². The number of rotatable bonds is 2. The zero-order valence-corrected chi connectivity index (χ0v) is 4.58. The smallest absolute Gasteiger partial charge is 0.110 e. The molecule has 0 aromatic heterocycles. The molecule has 1 nitrogen and oxygen atoms in total. The molecule has 0 radical (unpaired) electrons. The third-order valence-corrected chi connectivity index (χ3v) is 0.849.